The molecule has 4 rings (SSSR count). The van der Waals surface area contributed by atoms with E-state index < -0.39 is 5.91 Å². The first kappa shape index (κ1) is 12.8. The van der Waals surface area contributed by atoms with Gasteiger partial charge in [0.15, 0.2) is 23.0 Å². The predicted molar refractivity (Wildman–Crippen MR) is 77.5 cm³/mol. The molecule has 0 unspecified atom stereocenters. The van der Waals surface area contributed by atoms with Gasteiger partial charge in [-0.15, -0.1) is 0 Å². The van der Waals surface area contributed by atoms with Crippen molar-refractivity contribution in [3.8, 4) is 34.1 Å². The Labute approximate surface area is 126 Å². The van der Waals surface area contributed by atoms with E-state index in [4.69, 9.17) is 24.7 Å². The summed E-state index contributed by atoms with van der Waals surface area (Å²) in [5.41, 5.74) is 7.35. The monoisotopic (exact) mass is 299 g/mol. The second-order valence-electron chi connectivity index (χ2n) is 4.97. The molecule has 2 heterocycles. The van der Waals surface area contributed by atoms with Gasteiger partial charge in [0, 0.05) is 0 Å². The summed E-state index contributed by atoms with van der Waals surface area (Å²) in [6.45, 7) is 1.17. The van der Waals surface area contributed by atoms with Crippen molar-refractivity contribution in [2.75, 3.05) is 20.0 Å². The van der Waals surface area contributed by atoms with Gasteiger partial charge in [-0.25, -0.2) is 0 Å². The molecule has 2 aromatic carbocycles. The number of nitrogens with two attached hydrogens (primary N) is 1. The molecule has 0 bridgehead atoms. The standard InChI is InChI=1S/C16H13NO5/c17-16(18)11-7-15-14(21-8-22-15)6-10(11)9-1-2-12-13(5-9)20-4-3-19-12/h1-2,5-7H,3-4,8H2,(H2,17,18). The number of amides is 1. The molecule has 2 aromatic rings. The van der Waals surface area contributed by atoms with Crippen molar-refractivity contribution in [3.05, 3.63) is 35.9 Å². The van der Waals surface area contributed by atoms with Crippen LogP contribution in [-0.4, -0.2) is 25.9 Å². The van der Waals surface area contributed by atoms with E-state index in [0.29, 0.717) is 47.3 Å². The van der Waals surface area contributed by atoms with Crippen LogP contribution in [0.1, 0.15) is 10.4 Å². The maximum Gasteiger partial charge on any atom is 0.249 e. The first-order chi connectivity index (χ1) is 10.7. The summed E-state index contributed by atoms with van der Waals surface area (Å²) in [7, 11) is 0. The number of primary amides is 1. The lowest BCUT2D eigenvalue weighted by atomic mass is 9.98. The van der Waals surface area contributed by atoms with E-state index in [0.717, 1.165) is 5.56 Å². The van der Waals surface area contributed by atoms with Crippen LogP contribution in [0.2, 0.25) is 0 Å². The van der Waals surface area contributed by atoms with Crippen molar-refractivity contribution < 1.29 is 23.7 Å². The molecular formula is C16H13NO5. The summed E-state index contributed by atoms with van der Waals surface area (Å²) in [5.74, 6) is 1.93. The highest BCUT2D eigenvalue weighted by atomic mass is 16.7. The molecule has 2 aliphatic rings. The van der Waals surface area contributed by atoms with Crippen LogP contribution >= 0.6 is 0 Å². The molecule has 0 fully saturated rings. The van der Waals surface area contributed by atoms with Gasteiger partial charge in [-0.2, -0.15) is 0 Å². The Morgan fingerprint density at radius 2 is 1.55 bits per heavy atom. The normalized spacial score (nSPS) is 14.7. The van der Waals surface area contributed by atoms with Crippen LogP contribution in [0, 0.1) is 0 Å². The minimum Gasteiger partial charge on any atom is -0.486 e. The maximum absolute atomic E-state index is 11.8. The van der Waals surface area contributed by atoms with E-state index in [9.17, 15) is 4.79 Å². The first-order valence-corrected chi connectivity index (χ1v) is 6.86. The summed E-state index contributed by atoms with van der Waals surface area (Å²) >= 11 is 0. The molecule has 1 amide bonds. The van der Waals surface area contributed by atoms with Gasteiger partial charge >= 0.3 is 0 Å². The van der Waals surface area contributed by atoms with Gasteiger partial charge in [0.25, 0.3) is 0 Å². The number of ether oxygens (including phenoxy) is 4. The fourth-order valence-corrected chi connectivity index (χ4v) is 2.60. The highest BCUT2D eigenvalue weighted by Crippen LogP contribution is 2.41. The Balaban J connectivity index is 1.86. The smallest absolute Gasteiger partial charge is 0.249 e. The topological polar surface area (TPSA) is 80.0 Å². The van der Waals surface area contributed by atoms with Crippen LogP contribution in [0.4, 0.5) is 0 Å². The molecule has 0 atom stereocenters. The lowest BCUT2D eigenvalue weighted by Gasteiger charge is -2.19. The van der Waals surface area contributed by atoms with Gasteiger partial charge in [0.05, 0.1) is 5.56 Å². The third-order valence-corrected chi connectivity index (χ3v) is 3.63. The molecule has 0 aliphatic carbocycles. The van der Waals surface area contributed by atoms with Crippen LogP contribution in [0.25, 0.3) is 11.1 Å². The van der Waals surface area contributed by atoms with Crippen molar-refractivity contribution in [2.24, 2.45) is 5.73 Å². The lowest BCUT2D eigenvalue weighted by molar-refractivity contribution is 0.100. The Morgan fingerprint density at radius 3 is 2.32 bits per heavy atom. The predicted octanol–water partition coefficient (Wildman–Crippen LogP) is 1.95. The SMILES string of the molecule is NC(=O)c1cc2c(cc1-c1ccc3c(c1)OCCO3)OCO2. The maximum atomic E-state index is 11.8. The molecule has 6 heteroatoms. The van der Waals surface area contributed by atoms with E-state index >= 15 is 0 Å². The van der Waals surface area contributed by atoms with Crippen LogP contribution in [0.15, 0.2) is 30.3 Å². The molecule has 0 spiro atoms. The summed E-state index contributed by atoms with van der Waals surface area (Å²) in [5, 5.41) is 0. The molecule has 2 N–H and O–H groups in total. The average molecular weight is 299 g/mol. The molecule has 0 aromatic heterocycles. The molecular weight excluding hydrogens is 286 g/mol. The lowest BCUT2D eigenvalue weighted by Crippen LogP contribution is -2.15. The largest absolute Gasteiger partial charge is 0.486 e. The number of fused-ring (bicyclic) bond motifs is 2. The second-order valence-corrected chi connectivity index (χ2v) is 4.97. The van der Waals surface area contributed by atoms with Gasteiger partial charge in [0.1, 0.15) is 13.2 Å². The summed E-state index contributed by atoms with van der Waals surface area (Å²) in [6.07, 6.45) is 0. The van der Waals surface area contributed by atoms with Gasteiger partial charge in [-0.3, -0.25) is 4.79 Å². The Kier molecular flexibility index (Phi) is 2.82. The third kappa shape index (κ3) is 2.00. The van der Waals surface area contributed by atoms with Crippen molar-refractivity contribution in [1.82, 2.24) is 0 Å². The van der Waals surface area contributed by atoms with Crippen molar-refractivity contribution in [1.29, 1.82) is 0 Å². The fourth-order valence-electron chi connectivity index (χ4n) is 2.60. The highest BCUT2D eigenvalue weighted by Gasteiger charge is 2.22. The van der Waals surface area contributed by atoms with Crippen molar-refractivity contribution in [3.63, 3.8) is 0 Å². The number of carbonyl (C=O) groups excluding carboxylic acids is 1. The van der Waals surface area contributed by atoms with Gasteiger partial charge in [-0.05, 0) is 35.4 Å². The molecule has 6 nitrogen and oxygen atoms in total. The van der Waals surface area contributed by atoms with Crippen LogP contribution in [0.5, 0.6) is 23.0 Å². The van der Waals surface area contributed by atoms with Crippen LogP contribution in [-0.2, 0) is 0 Å². The van der Waals surface area contributed by atoms with Crippen molar-refractivity contribution in [2.45, 2.75) is 0 Å². The Morgan fingerprint density at radius 1 is 0.864 bits per heavy atom. The van der Waals surface area contributed by atoms with Crippen LogP contribution in [0.3, 0.4) is 0 Å². The van der Waals surface area contributed by atoms with Gasteiger partial charge < -0.3 is 24.7 Å². The zero-order chi connectivity index (χ0) is 15.1. The Hall–Kier alpha value is -2.89. The van der Waals surface area contributed by atoms with E-state index in [1.807, 2.05) is 18.2 Å². The van der Waals surface area contributed by atoms with E-state index in [1.165, 1.54) is 0 Å². The van der Waals surface area contributed by atoms with E-state index in [2.05, 4.69) is 0 Å². The fraction of sp³-hybridized carbons (Fsp3) is 0.188. The molecule has 0 radical (unpaired) electrons. The number of hydrogen-bond donors (Lipinski definition) is 1. The summed E-state index contributed by atoms with van der Waals surface area (Å²) in [6, 6.07) is 8.87. The zero-order valence-electron chi connectivity index (χ0n) is 11.6. The number of rotatable bonds is 2. The minimum atomic E-state index is -0.525. The summed E-state index contributed by atoms with van der Waals surface area (Å²) < 4.78 is 21.8. The summed E-state index contributed by atoms with van der Waals surface area (Å²) in [4.78, 5) is 11.8. The molecule has 0 saturated heterocycles. The van der Waals surface area contributed by atoms with Gasteiger partial charge in [-0.1, -0.05) is 6.07 Å². The molecule has 0 saturated carbocycles. The second kappa shape index (κ2) is 4.84. The van der Waals surface area contributed by atoms with Gasteiger partial charge in [0.2, 0.25) is 12.7 Å². The van der Waals surface area contributed by atoms with E-state index in [-0.39, 0.29) is 6.79 Å². The average Bonchev–Trinajstić information content (AvgIpc) is 3.00. The zero-order valence-corrected chi connectivity index (χ0v) is 11.6. The first-order valence-electron chi connectivity index (χ1n) is 6.86. The van der Waals surface area contributed by atoms with Crippen LogP contribution < -0.4 is 24.7 Å². The Bertz CT molecular complexity index is 771. The van der Waals surface area contributed by atoms with Crippen molar-refractivity contribution >= 4 is 5.91 Å². The number of carbonyl (C=O) groups is 1. The number of hydrogen-bond acceptors (Lipinski definition) is 5. The van der Waals surface area contributed by atoms with E-state index in [1.54, 1.807) is 12.1 Å². The third-order valence-electron chi connectivity index (χ3n) is 3.63. The highest BCUT2D eigenvalue weighted by molar-refractivity contribution is 6.01. The number of benzene rings is 2. The quantitative estimate of drug-likeness (QED) is 0.916. The molecule has 112 valence electrons. The molecule has 22 heavy (non-hydrogen) atoms. The molecule has 2 aliphatic heterocycles. The minimum absolute atomic E-state index is 0.137.